The van der Waals surface area contributed by atoms with Crippen LogP contribution >= 0.6 is 0 Å². The van der Waals surface area contributed by atoms with Crippen molar-refractivity contribution < 1.29 is 15.0 Å². The van der Waals surface area contributed by atoms with Gasteiger partial charge in [-0.25, -0.2) is 0 Å². The van der Waals surface area contributed by atoms with Crippen LogP contribution in [0.1, 0.15) is 26.2 Å². The minimum absolute atomic E-state index is 0.0189. The molecule has 3 atom stereocenters. The van der Waals surface area contributed by atoms with Gasteiger partial charge in [0, 0.05) is 12.0 Å². The van der Waals surface area contributed by atoms with Crippen molar-refractivity contribution in [1.29, 1.82) is 0 Å². The number of allylic oxidation sites excluding steroid dienone is 4. The number of hydrogen-bond acceptors (Lipinski definition) is 3. The monoisotopic (exact) mass is 236 g/mol. The first-order valence-corrected chi connectivity index (χ1v) is 5.96. The highest BCUT2D eigenvalue weighted by Crippen LogP contribution is 2.24. The second kappa shape index (κ2) is 6.40. The molecule has 0 aromatic rings. The molecule has 2 N–H and O–H groups in total. The van der Waals surface area contributed by atoms with Gasteiger partial charge in [0.05, 0.1) is 6.10 Å². The van der Waals surface area contributed by atoms with Crippen molar-refractivity contribution in [3.8, 4) is 0 Å². The van der Waals surface area contributed by atoms with Crippen molar-refractivity contribution >= 4 is 5.78 Å². The normalized spacial score (nSPS) is 23.1. The molecule has 1 aliphatic rings. The van der Waals surface area contributed by atoms with E-state index in [0.717, 1.165) is 6.42 Å². The summed E-state index contributed by atoms with van der Waals surface area (Å²) >= 11 is 0. The van der Waals surface area contributed by atoms with Crippen LogP contribution in [0.3, 0.4) is 0 Å². The summed E-state index contributed by atoms with van der Waals surface area (Å²) in [6.07, 6.45) is 8.30. The number of aliphatic hydroxyl groups excluding tert-OH is 2. The third-order valence-corrected chi connectivity index (χ3v) is 3.00. The molecule has 1 aliphatic carbocycles. The standard InChI is InChI=1S/C14H20O3/c1-3-11(5-4-10(2)15)8-12-6-7-13(16)9-14(12)17/h3,6-7,9-12,15-16H,1,4-5,8H2,2H3. The average molecular weight is 236 g/mol. The van der Waals surface area contributed by atoms with Crippen molar-refractivity contribution in [3.05, 3.63) is 36.6 Å². The van der Waals surface area contributed by atoms with Gasteiger partial charge in [-0.1, -0.05) is 12.2 Å². The van der Waals surface area contributed by atoms with Crippen molar-refractivity contribution in [2.75, 3.05) is 0 Å². The molecule has 3 heteroatoms. The van der Waals surface area contributed by atoms with Gasteiger partial charge in [-0.2, -0.15) is 0 Å². The van der Waals surface area contributed by atoms with Gasteiger partial charge in [-0.15, -0.1) is 6.58 Å². The number of carbonyl (C=O) groups is 1. The molecule has 0 saturated heterocycles. The van der Waals surface area contributed by atoms with Gasteiger partial charge in [0.25, 0.3) is 0 Å². The molecule has 0 spiro atoms. The van der Waals surface area contributed by atoms with E-state index in [1.165, 1.54) is 6.08 Å². The summed E-state index contributed by atoms with van der Waals surface area (Å²) in [6, 6.07) is 0. The van der Waals surface area contributed by atoms with E-state index in [2.05, 4.69) is 6.58 Å². The summed E-state index contributed by atoms with van der Waals surface area (Å²) in [5, 5.41) is 18.4. The summed E-state index contributed by atoms with van der Waals surface area (Å²) < 4.78 is 0. The molecule has 17 heavy (non-hydrogen) atoms. The molecule has 0 heterocycles. The van der Waals surface area contributed by atoms with E-state index in [-0.39, 0.29) is 29.5 Å². The summed E-state index contributed by atoms with van der Waals surface area (Å²) in [7, 11) is 0. The van der Waals surface area contributed by atoms with E-state index < -0.39 is 0 Å². The van der Waals surface area contributed by atoms with Gasteiger partial charge in [-0.05, 0) is 38.2 Å². The zero-order valence-electron chi connectivity index (χ0n) is 10.2. The Balaban J connectivity index is 2.49. The van der Waals surface area contributed by atoms with Crippen LogP contribution in [0, 0.1) is 11.8 Å². The van der Waals surface area contributed by atoms with Crippen molar-refractivity contribution in [2.24, 2.45) is 11.8 Å². The Kier molecular flexibility index (Phi) is 5.16. The lowest BCUT2D eigenvalue weighted by Gasteiger charge is -2.19. The van der Waals surface area contributed by atoms with Crippen molar-refractivity contribution in [3.63, 3.8) is 0 Å². The molecule has 0 bridgehead atoms. The zero-order valence-corrected chi connectivity index (χ0v) is 10.2. The van der Waals surface area contributed by atoms with Crippen LogP contribution in [0.15, 0.2) is 36.6 Å². The predicted molar refractivity (Wildman–Crippen MR) is 67.6 cm³/mol. The van der Waals surface area contributed by atoms with Crippen LogP contribution in [0.2, 0.25) is 0 Å². The molecule has 94 valence electrons. The Bertz CT molecular complexity index is 339. The lowest BCUT2D eigenvalue weighted by atomic mass is 9.86. The Morgan fingerprint density at radius 2 is 2.24 bits per heavy atom. The van der Waals surface area contributed by atoms with Crippen LogP contribution in [0.25, 0.3) is 0 Å². The summed E-state index contributed by atoms with van der Waals surface area (Å²) in [5.74, 6) is -0.000905. The summed E-state index contributed by atoms with van der Waals surface area (Å²) in [5.41, 5.74) is 0. The van der Waals surface area contributed by atoms with Crippen LogP contribution in [-0.2, 0) is 4.79 Å². The third kappa shape index (κ3) is 4.57. The quantitative estimate of drug-likeness (QED) is 0.697. The van der Waals surface area contributed by atoms with Crippen molar-refractivity contribution in [2.45, 2.75) is 32.3 Å². The van der Waals surface area contributed by atoms with E-state index in [0.29, 0.717) is 12.8 Å². The maximum absolute atomic E-state index is 11.6. The third-order valence-electron chi connectivity index (χ3n) is 3.00. The number of aliphatic hydroxyl groups is 2. The van der Waals surface area contributed by atoms with E-state index in [1.54, 1.807) is 19.1 Å². The van der Waals surface area contributed by atoms with Crippen molar-refractivity contribution in [1.82, 2.24) is 0 Å². The minimum atomic E-state index is -0.320. The lowest BCUT2D eigenvalue weighted by Crippen LogP contribution is -2.17. The van der Waals surface area contributed by atoms with Gasteiger partial charge >= 0.3 is 0 Å². The molecule has 0 amide bonds. The first-order chi connectivity index (χ1) is 8.02. The fourth-order valence-corrected chi connectivity index (χ4v) is 1.92. The van der Waals surface area contributed by atoms with E-state index in [9.17, 15) is 9.90 Å². The number of rotatable bonds is 6. The molecule has 0 aromatic heterocycles. The van der Waals surface area contributed by atoms with Crippen LogP contribution < -0.4 is 0 Å². The summed E-state index contributed by atoms with van der Waals surface area (Å²) in [4.78, 5) is 11.6. The Morgan fingerprint density at radius 1 is 1.53 bits per heavy atom. The second-order valence-electron chi connectivity index (χ2n) is 4.60. The smallest absolute Gasteiger partial charge is 0.166 e. The first-order valence-electron chi connectivity index (χ1n) is 5.96. The van der Waals surface area contributed by atoms with Gasteiger partial charge < -0.3 is 10.2 Å². The molecule has 0 fully saturated rings. The molecule has 0 aromatic carbocycles. The second-order valence-corrected chi connectivity index (χ2v) is 4.60. The fraction of sp³-hybridized carbons (Fsp3) is 0.500. The van der Waals surface area contributed by atoms with E-state index in [1.807, 2.05) is 6.08 Å². The molecule has 1 rings (SSSR count). The highest BCUT2D eigenvalue weighted by atomic mass is 16.3. The molecular weight excluding hydrogens is 216 g/mol. The zero-order chi connectivity index (χ0) is 12.8. The van der Waals surface area contributed by atoms with E-state index >= 15 is 0 Å². The SMILES string of the molecule is C=CC(CCC(C)O)CC1C=CC(O)=CC1=O. The molecule has 0 aliphatic heterocycles. The molecule has 0 saturated carbocycles. The largest absolute Gasteiger partial charge is 0.508 e. The highest BCUT2D eigenvalue weighted by Gasteiger charge is 2.20. The van der Waals surface area contributed by atoms with Gasteiger partial charge in [0.2, 0.25) is 0 Å². The number of hydrogen-bond donors (Lipinski definition) is 2. The molecule has 3 nitrogen and oxygen atoms in total. The van der Waals surface area contributed by atoms with Gasteiger partial charge in [-0.3, -0.25) is 4.79 Å². The summed E-state index contributed by atoms with van der Waals surface area (Å²) in [6.45, 7) is 5.52. The Hall–Kier alpha value is -1.35. The fourth-order valence-electron chi connectivity index (χ4n) is 1.92. The maximum Gasteiger partial charge on any atom is 0.166 e. The van der Waals surface area contributed by atoms with Gasteiger partial charge in [0.15, 0.2) is 5.78 Å². The number of carbonyl (C=O) groups excluding carboxylic acids is 1. The first kappa shape index (κ1) is 13.7. The maximum atomic E-state index is 11.6. The Labute approximate surface area is 102 Å². The minimum Gasteiger partial charge on any atom is -0.508 e. The molecule has 0 radical (unpaired) electrons. The molecular formula is C14H20O3. The van der Waals surface area contributed by atoms with Gasteiger partial charge in [0.1, 0.15) is 5.76 Å². The predicted octanol–water partition coefficient (Wildman–Crippen LogP) is 2.54. The Morgan fingerprint density at radius 3 is 2.76 bits per heavy atom. The van der Waals surface area contributed by atoms with Crippen LogP contribution in [-0.4, -0.2) is 22.1 Å². The lowest BCUT2D eigenvalue weighted by molar-refractivity contribution is -0.117. The molecule has 3 unspecified atom stereocenters. The van der Waals surface area contributed by atoms with Crippen LogP contribution in [0.5, 0.6) is 0 Å². The topological polar surface area (TPSA) is 57.5 Å². The van der Waals surface area contributed by atoms with E-state index in [4.69, 9.17) is 5.11 Å². The average Bonchev–Trinajstić information content (AvgIpc) is 2.26. The number of ketones is 1. The highest BCUT2D eigenvalue weighted by molar-refractivity contribution is 5.94. The van der Waals surface area contributed by atoms with Crippen LogP contribution in [0.4, 0.5) is 0 Å².